The third-order valence-electron chi connectivity index (χ3n) is 2.92. The van der Waals surface area contributed by atoms with E-state index in [-0.39, 0.29) is 6.61 Å². The molecule has 0 unspecified atom stereocenters. The summed E-state index contributed by atoms with van der Waals surface area (Å²) in [5.74, 6) is 0. The first-order valence-corrected chi connectivity index (χ1v) is 6.45. The Morgan fingerprint density at radius 1 is 1.53 bits per heavy atom. The van der Waals surface area contributed by atoms with E-state index in [1.165, 1.54) is 4.90 Å². The van der Waals surface area contributed by atoms with Crippen molar-refractivity contribution in [3.05, 3.63) is 0 Å². The molecular formula is C13H25NO5. The number of methoxy groups -OCH3 is 1. The van der Waals surface area contributed by atoms with Crippen LogP contribution in [0.25, 0.3) is 0 Å². The van der Waals surface area contributed by atoms with Crippen LogP contribution < -0.4 is 0 Å². The lowest BCUT2D eigenvalue weighted by Crippen LogP contribution is -2.47. The lowest BCUT2D eigenvalue weighted by atomic mass is 10.1. The Hall–Kier alpha value is -0.850. The number of ether oxygens (including phenoxy) is 3. The number of hydrogen-bond donors (Lipinski definition) is 1. The molecular weight excluding hydrogens is 250 g/mol. The van der Waals surface area contributed by atoms with E-state index in [1.54, 1.807) is 7.11 Å². The molecule has 1 heterocycles. The second-order valence-corrected chi connectivity index (χ2v) is 6.13. The minimum atomic E-state index is -0.596. The number of aliphatic hydroxyl groups is 1. The maximum atomic E-state index is 12.1. The number of aliphatic hydroxyl groups excluding tert-OH is 1. The summed E-state index contributed by atoms with van der Waals surface area (Å²) >= 11 is 0. The quantitative estimate of drug-likeness (QED) is 0.815. The van der Waals surface area contributed by atoms with Crippen LogP contribution in [0.5, 0.6) is 0 Å². The van der Waals surface area contributed by atoms with Crippen molar-refractivity contribution in [2.24, 2.45) is 0 Å². The second kappa shape index (κ2) is 6.07. The van der Waals surface area contributed by atoms with Gasteiger partial charge in [-0.05, 0) is 27.7 Å². The zero-order chi connectivity index (χ0) is 14.7. The fourth-order valence-electron chi connectivity index (χ4n) is 1.81. The zero-order valence-corrected chi connectivity index (χ0v) is 12.4. The summed E-state index contributed by atoms with van der Waals surface area (Å²) in [6.45, 7) is 8.17. The Morgan fingerprint density at radius 2 is 2.16 bits per heavy atom. The molecule has 1 fully saturated rings. The molecule has 1 aliphatic rings. The Bertz CT molecular complexity index is 315. The largest absolute Gasteiger partial charge is 0.444 e. The van der Waals surface area contributed by atoms with Crippen LogP contribution in [0.3, 0.4) is 0 Å². The fraction of sp³-hybridized carbons (Fsp3) is 0.923. The number of amides is 1. The molecule has 6 nitrogen and oxygen atoms in total. The molecule has 0 aromatic rings. The lowest BCUT2D eigenvalue weighted by Gasteiger charge is -2.32. The summed E-state index contributed by atoms with van der Waals surface area (Å²) in [4.78, 5) is 13.7. The molecule has 0 aliphatic carbocycles. The van der Waals surface area contributed by atoms with Crippen molar-refractivity contribution in [1.29, 1.82) is 0 Å². The molecule has 0 aromatic heterocycles. The number of carbonyl (C=O) groups excluding carboxylic acids is 1. The van der Waals surface area contributed by atoms with Gasteiger partial charge in [0.1, 0.15) is 11.2 Å². The van der Waals surface area contributed by atoms with Crippen LogP contribution in [0.15, 0.2) is 0 Å². The molecule has 112 valence electrons. The van der Waals surface area contributed by atoms with Gasteiger partial charge < -0.3 is 24.2 Å². The highest BCUT2D eigenvalue weighted by Crippen LogP contribution is 2.20. The first-order chi connectivity index (χ1) is 8.69. The van der Waals surface area contributed by atoms with Crippen LogP contribution in [0.4, 0.5) is 4.79 Å². The molecule has 6 heteroatoms. The van der Waals surface area contributed by atoms with Gasteiger partial charge >= 0.3 is 6.09 Å². The van der Waals surface area contributed by atoms with Crippen LogP contribution in [0.1, 0.15) is 27.7 Å². The van der Waals surface area contributed by atoms with Gasteiger partial charge in [-0.2, -0.15) is 0 Å². The van der Waals surface area contributed by atoms with Crippen molar-refractivity contribution in [3.63, 3.8) is 0 Å². The van der Waals surface area contributed by atoms with Crippen LogP contribution in [-0.2, 0) is 14.2 Å². The minimum Gasteiger partial charge on any atom is -0.444 e. The predicted molar refractivity (Wildman–Crippen MR) is 70.0 cm³/mol. The maximum absolute atomic E-state index is 12.1. The summed E-state index contributed by atoms with van der Waals surface area (Å²) in [6, 6.07) is 0. The Balaban J connectivity index is 2.80. The van der Waals surface area contributed by atoms with Gasteiger partial charge in [-0.1, -0.05) is 0 Å². The van der Waals surface area contributed by atoms with E-state index in [1.807, 2.05) is 27.7 Å². The Labute approximate surface area is 114 Å². The van der Waals surface area contributed by atoms with Gasteiger partial charge in [-0.15, -0.1) is 0 Å². The number of hydrogen-bond acceptors (Lipinski definition) is 5. The summed E-state index contributed by atoms with van der Waals surface area (Å²) in [5, 5.41) is 9.25. The molecule has 0 spiro atoms. The molecule has 1 saturated heterocycles. The monoisotopic (exact) mass is 275 g/mol. The second-order valence-electron chi connectivity index (χ2n) is 6.13. The van der Waals surface area contributed by atoms with E-state index >= 15 is 0 Å². The smallest absolute Gasteiger partial charge is 0.410 e. The van der Waals surface area contributed by atoms with Crippen molar-refractivity contribution < 1.29 is 24.1 Å². The first-order valence-electron chi connectivity index (χ1n) is 6.45. The molecule has 0 bridgehead atoms. The molecule has 1 aliphatic heterocycles. The van der Waals surface area contributed by atoms with E-state index in [2.05, 4.69) is 0 Å². The number of nitrogens with zero attached hydrogens (tertiary/aromatic N) is 1. The highest BCUT2D eigenvalue weighted by molar-refractivity contribution is 5.68. The summed E-state index contributed by atoms with van der Waals surface area (Å²) in [7, 11) is 1.58. The minimum absolute atomic E-state index is 0.140. The van der Waals surface area contributed by atoms with Crippen LogP contribution in [0, 0.1) is 0 Å². The van der Waals surface area contributed by atoms with Gasteiger partial charge in [-0.25, -0.2) is 4.79 Å². The van der Waals surface area contributed by atoms with Gasteiger partial charge in [0.15, 0.2) is 0 Å². The van der Waals surface area contributed by atoms with Gasteiger partial charge in [-0.3, -0.25) is 0 Å². The van der Waals surface area contributed by atoms with Crippen molar-refractivity contribution in [3.8, 4) is 0 Å². The molecule has 1 rings (SSSR count). The van der Waals surface area contributed by atoms with E-state index < -0.39 is 23.4 Å². The number of carbonyl (C=O) groups is 1. The third-order valence-corrected chi connectivity index (χ3v) is 2.92. The summed E-state index contributed by atoms with van der Waals surface area (Å²) in [5.41, 5.74) is -1.15. The van der Waals surface area contributed by atoms with E-state index in [0.717, 1.165) is 0 Å². The van der Waals surface area contributed by atoms with Crippen molar-refractivity contribution >= 4 is 6.09 Å². The average molecular weight is 275 g/mol. The average Bonchev–Trinajstić information content (AvgIpc) is 2.47. The molecule has 19 heavy (non-hydrogen) atoms. The zero-order valence-electron chi connectivity index (χ0n) is 12.4. The molecule has 1 N–H and O–H groups in total. The topological polar surface area (TPSA) is 68.2 Å². The normalized spacial score (nSPS) is 28.9. The Kier molecular flexibility index (Phi) is 5.18. The van der Waals surface area contributed by atoms with E-state index in [0.29, 0.717) is 19.7 Å². The standard InChI is InChI=1S/C13H25NO5/c1-12(2,3)19-11(16)14-6-10(7-15)18-9-13(4,8-14)17-5/h10,15H,6-9H2,1-5H3/t10-,13-/m0/s1. The van der Waals surface area contributed by atoms with Crippen molar-refractivity contribution in [1.82, 2.24) is 4.90 Å². The molecule has 0 saturated carbocycles. The van der Waals surface area contributed by atoms with Gasteiger partial charge in [0.25, 0.3) is 0 Å². The lowest BCUT2D eigenvalue weighted by molar-refractivity contribution is -0.0759. The molecule has 1 amide bonds. The van der Waals surface area contributed by atoms with Gasteiger partial charge in [0.05, 0.1) is 32.4 Å². The predicted octanol–water partition coefficient (Wildman–Crippen LogP) is 1.02. The SMILES string of the molecule is CO[C@]1(C)CO[C@H](CO)CN(C(=O)OC(C)(C)C)C1. The van der Waals surface area contributed by atoms with Gasteiger partial charge in [0.2, 0.25) is 0 Å². The van der Waals surface area contributed by atoms with E-state index in [9.17, 15) is 9.90 Å². The fourth-order valence-corrected chi connectivity index (χ4v) is 1.81. The van der Waals surface area contributed by atoms with Crippen molar-refractivity contribution in [2.45, 2.75) is 45.0 Å². The van der Waals surface area contributed by atoms with Gasteiger partial charge in [0, 0.05) is 7.11 Å². The third kappa shape index (κ3) is 4.97. The van der Waals surface area contributed by atoms with Crippen LogP contribution in [0.2, 0.25) is 0 Å². The first kappa shape index (κ1) is 16.2. The van der Waals surface area contributed by atoms with E-state index in [4.69, 9.17) is 14.2 Å². The maximum Gasteiger partial charge on any atom is 0.410 e. The summed E-state index contributed by atoms with van der Waals surface area (Å²) in [6.07, 6.45) is -0.829. The molecule has 0 radical (unpaired) electrons. The molecule has 2 atom stereocenters. The Morgan fingerprint density at radius 3 is 2.63 bits per heavy atom. The van der Waals surface area contributed by atoms with Crippen LogP contribution in [-0.4, -0.2) is 66.8 Å². The number of rotatable bonds is 2. The summed E-state index contributed by atoms with van der Waals surface area (Å²) < 4.78 is 16.3. The highest BCUT2D eigenvalue weighted by atomic mass is 16.6. The van der Waals surface area contributed by atoms with Crippen LogP contribution >= 0.6 is 0 Å². The molecule has 0 aromatic carbocycles. The van der Waals surface area contributed by atoms with Crippen molar-refractivity contribution in [2.75, 3.05) is 33.4 Å². The highest BCUT2D eigenvalue weighted by Gasteiger charge is 2.36.